The molecule has 5 nitrogen and oxygen atoms in total. The fourth-order valence-corrected chi connectivity index (χ4v) is 15.4. The molecule has 16 aromatic rings. The van der Waals surface area contributed by atoms with E-state index in [2.05, 4.69) is 184 Å². The molecule has 5 heterocycles. The topological polar surface area (TPSA) is 29.5 Å². The number of nitrogens with zero attached hydrogens (tertiary/aromatic N) is 4. The Bertz CT molecular complexity index is 6790. The molecule has 0 N–H and O–H groups in total. The molecule has 0 unspecified atom stereocenters. The quantitative estimate of drug-likeness (QED) is 0.149. The Kier molecular flexibility index (Phi) is 10.3. The molecule has 2 aliphatic heterocycles. The van der Waals surface area contributed by atoms with Gasteiger partial charge in [-0.2, -0.15) is 0 Å². The summed E-state index contributed by atoms with van der Waals surface area (Å²) in [6.45, 7) is 25.9. The molecule has 0 amide bonds. The van der Waals surface area contributed by atoms with E-state index in [9.17, 15) is 13.7 Å². The fourth-order valence-electron chi connectivity index (χ4n) is 15.4. The van der Waals surface area contributed by atoms with Crippen molar-refractivity contribution >= 4 is 123 Å². The van der Waals surface area contributed by atoms with Crippen molar-refractivity contribution in [2.45, 2.75) is 105 Å². The van der Waals surface area contributed by atoms with Crippen molar-refractivity contribution in [3.63, 3.8) is 0 Å². The van der Waals surface area contributed by atoms with Gasteiger partial charge in [-0.25, -0.2) is 0 Å². The second kappa shape index (κ2) is 22.2. The average molecular weight is 1310 g/mol. The Morgan fingerprint density at radius 3 is 1.27 bits per heavy atom. The lowest BCUT2D eigenvalue weighted by atomic mass is 9.33. The smallest absolute Gasteiger partial charge is 0.252 e. The summed E-state index contributed by atoms with van der Waals surface area (Å²) >= 11 is 0. The third-order valence-electron chi connectivity index (χ3n) is 20.6. The van der Waals surface area contributed by atoms with Gasteiger partial charge < -0.3 is 23.4 Å². The predicted octanol–water partition coefficient (Wildman–Crippen LogP) is 24.1. The molecule has 0 bridgehead atoms. The van der Waals surface area contributed by atoms with E-state index in [0.29, 0.717) is 33.4 Å². The van der Waals surface area contributed by atoms with Crippen LogP contribution in [0.5, 0.6) is 0 Å². The first kappa shape index (κ1) is 46.2. The Labute approximate surface area is 609 Å². The minimum Gasteiger partial charge on any atom is -0.452 e. The van der Waals surface area contributed by atoms with E-state index in [4.69, 9.17) is 12.6 Å². The summed E-state index contributed by atoms with van der Waals surface area (Å²) in [5.74, 6) is 0. The van der Waals surface area contributed by atoms with Gasteiger partial charge >= 0.3 is 0 Å². The molecule has 13 aromatic carbocycles. The van der Waals surface area contributed by atoms with Gasteiger partial charge in [-0.15, -0.1) is 0 Å². The summed E-state index contributed by atoms with van der Waals surface area (Å²) in [4.78, 5) is 4.65. The number of fused-ring (bicyclic) bond motifs is 13. The molecule has 486 valence electrons. The molecule has 0 saturated carbocycles. The van der Waals surface area contributed by atoms with Crippen molar-refractivity contribution in [3.05, 3.63) is 295 Å². The number of anilines is 6. The average Bonchev–Trinajstić information content (AvgIpc) is 0.897. The highest BCUT2D eigenvalue weighted by atomic mass is 16.3. The molecule has 3 aromatic heterocycles. The monoisotopic (exact) mass is 1310 g/mol. The lowest BCUT2D eigenvalue weighted by Crippen LogP contribution is -2.61. The SMILES string of the molecule is [2H]c1c([2H])c([2H])c2c(c1[2H])c1c([2H])c([2H])c([2H])c([2H])c1n2-c1ccc2c(c1)N(c1c(-c3ccccc3)cc(C(C)(C)C)cc1-c1ccccc1)c1cc(C(C)(C)C)cc3c1B2c1cc(-c2cc(C(C)(C)C)cc(C(C)(C)C)c2)ccc1N3c1cccc2c1oc1c(-n3c4c([2H])c([2H])c([2H])c([2H])c4c4c([2H])c([2H])c([2H])c([2H])c43)cccc12. The normalized spacial score (nSPS) is 15.6. The zero-order chi connectivity index (χ0) is 82.4. The summed E-state index contributed by atoms with van der Waals surface area (Å²) in [6.07, 6.45) is 0. The zero-order valence-electron chi connectivity index (χ0n) is 74.0. The Balaban J connectivity index is 1.02. The minimum atomic E-state index is -0.633. The molecule has 2 aliphatic rings. The molecule has 0 aliphatic carbocycles. The second-order valence-electron chi connectivity index (χ2n) is 31.0. The zero-order valence-corrected chi connectivity index (χ0v) is 58.0. The van der Waals surface area contributed by atoms with Gasteiger partial charge in [-0.1, -0.05) is 277 Å². The number of hydrogen-bond acceptors (Lipinski definition) is 3. The number of aromatic nitrogens is 2. The van der Waals surface area contributed by atoms with Crippen molar-refractivity contribution in [2.75, 3.05) is 9.80 Å². The van der Waals surface area contributed by atoms with Crippen molar-refractivity contribution in [1.29, 1.82) is 0 Å². The van der Waals surface area contributed by atoms with E-state index >= 15 is 0 Å². The largest absolute Gasteiger partial charge is 0.452 e. The maximum Gasteiger partial charge on any atom is 0.252 e. The van der Waals surface area contributed by atoms with E-state index < -0.39 is 114 Å². The number of rotatable bonds is 7. The highest BCUT2D eigenvalue weighted by molar-refractivity contribution is 7.00. The number of hydrogen-bond donors (Lipinski definition) is 0. The Morgan fingerprint density at radius 2 is 0.760 bits per heavy atom. The van der Waals surface area contributed by atoms with Crippen molar-refractivity contribution in [3.8, 4) is 44.8 Å². The summed E-state index contributed by atoms with van der Waals surface area (Å²) in [7, 11) is 0. The maximum atomic E-state index is 9.84. The molecule has 0 saturated heterocycles. The first-order chi connectivity index (χ1) is 54.8. The van der Waals surface area contributed by atoms with Crippen LogP contribution in [0.4, 0.5) is 34.1 Å². The van der Waals surface area contributed by atoms with Gasteiger partial charge in [0.15, 0.2) is 11.2 Å². The van der Waals surface area contributed by atoms with E-state index in [1.165, 1.54) is 4.57 Å². The van der Waals surface area contributed by atoms with Crippen LogP contribution in [0.2, 0.25) is 0 Å². The van der Waals surface area contributed by atoms with Crippen molar-refractivity contribution in [1.82, 2.24) is 9.13 Å². The molecule has 0 radical (unpaired) electrons. The molecular formula is C94H81BN4O. The third kappa shape index (κ3) is 9.57. The minimum absolute atomic E-state index is 0.0133. The second-order valence-corrected chi connectivity index (χ2v) is 31.0. The van der Waals surface area contributed by atoms with Crippen LogP contribution in [0, 0.1) is 0 Å². The van der Waals surface area contributed by atoms with Crippen LogP contribution in [0.25, 0.3) is 110 Å². The summed E-state index contributed by atoms with van der Waals surface area (Å²) < 4.78 is 160. The third-order valence-corrected chi connectivity index (χ3v) is 20.6. The van der Waals surface area contributed by atoms with Crippen LogP contribution in [-0.2, 0) is 21.7 Å². The first-order valence-corrected chi connectivity index (χ1v) is 34.3. The first-order valence-electron chi connectivity index (χ1n) is 42.3. The lowest BCUT2D eigenvalue weighted by molar-refractivity contribution is 0.569. The van der Waals surface area contributed by atoms with E-state index in [1.54, 1.807) is 10.6 Å². The van der Waals surface area contributed by atoms with Gasteiger partial charge in [0.1, 0.15) is 0 Å². The van der Waals surface area contributed by atoms with Gasteiger partial charge in [-0.3, -0.25) is 0 Å². The maximum absolute atomic E-state index is 9.84. The summed E-state index contributed by atoms with van der Waals surface area (Å²) in [5, 5.41) is 1.09. The number of benzene rings is 13. The number of para-hydroxylation sites is 6. The van der Waals surface area contributed by atoms with Crippen LogP contribution in [0.1, 0.15) is 127 Å². The van der Waals surface area contributed by atoms with Gasteiger partial charge in [0.25, 0.3) is 6.71 Å². The van der Waals surface area contributed by atoms with Gasteiger partial charge in [0.2, 0.25) is 0 Å². The summed E-state index contributed by atoms with van der Waals surface area (Å²) in [5.41, 5.74) is 16.7. The lowest BCUT2D eigenvalue weighted by Gasteiger charge is -2.46. The number of furan rings is 1. The van der Waals surface area contributed by atoms with E-state index in [0.717, 1.165) is 94.8 Å². The molecule has 100 heavy (non-hydrogen) atoms. The Hall–Kier alpha value is -11.1. The van der Waals surface area contributed by atoms with E-state index in [-0.39, 0.29) is 65.7 Å². The van der Waals surface area contributed by atoms with Gasteiger partial charge in [0.05, 0.1) is 61.1 Å². The van der Waals surface area contributed by atoms with Crippen molar-refractivity contribution in [2.24, 2.45) is 0 Å². The molecule has 0 fully saturated rings. The molecule has 6 heteroatoms. The van der Waals surface area contributed by atoms with Crippen LogP contribution < -0.4 is 26.2 Å². The highest BCUT2D eigenvalue weighted by Gasteiger charge is 2.46. The highest BCUT2D eigenvalue weighted by Crippen LogP contribution is 2.54. The molecule has 0 atom stereocenters. The summed E-state index contributed by atoms with van der Waals surface area (Å²) in [6, 6.07) is 53.1. The van der Waals surface area contributed by atoms with Crippen molar-refractivity contribution < 1.29 is 26.3 Å². The molecular weight excluding hydrogens is 1210 g/mol. The van der Waals surface area contributed by atoms with E-state index in [1.807, 2.05) is 78.9 Å². The van der Waals surface area contributed by atoms with Gasteiger partial charge in [0, 0.05) is 71.9 Å². The fraction of sp³-hybridized carbons (Fsp3) is 0.170. The molecule has 18 rings (SSSR count). The molecule has 0 spiro atoms. The van der Waals surface area contributed by atoms with Crippen LogP contribution in [0.3, 0.4) is 0 Å². The van der Waals surface area contributed by atoms with Crippen LogP contribution in [0.15, 0.2) is 277 Å². The Morgan fingerprint density at radius 1 is 0.310 bits per heavy atom. The van der Waals surface area contributed by atoms with Crippen LogP contribution in [-0.4, -0.2) is 15.8 Å². The predicted molar refractivity (Wildman–Crippen MR) is 428 cm³/mol. The van der Waals surface area contributed by atoms with Gasteiger partial charge in [-0.05, 0) is 161 Å². The van der Waals surface area contributed by atoms with Crippen LogP contribution >= 0.6 is 0 Å². The standard InChI is InChI=1S/C94H81BN4O/c1-91(2,3)62-49-61(50-63(52-62)92(4,5)6)60-45-48-81-76(51-60)95-75-47-46-66(96-77-39-23-19-33-67(77)68-34-20-24-40-78(68)96)57-84(75)99(88-73(58-29-15-13-16-30-58)53-64(93(7,8)9)54-74(88)59-31-17-14-18-32-59)86-56-65(94(10,11)12)55-85(87(86)95)98(81)83-44-28-38-72-71-37-27-43-82(89(71)100-90(72)83)97-79-41-25-21-35-69(79)70-36-22-26-42-80(70)97/h13-57H,1-12H3/i19D,20D,21D,22D,23D,24D,25D,26D,33D,34D,35D,36D,39D,40D,41D,42D.